The van der Waals surface area contributed by atoms with E-state index < -0.39 is 0 Å². The number of hydrogen-bond acceptors (Lipinski definition) is 2. The molecule has 1 aliphatic heterocycles. The van der Waals surface area contributed by atoms with Crippen LogP contribution in [0.5, 0.6) is 0 Å². The predicted molar refractivity (Wildman–Crippen MR) is 82.5 cm³/mol. The zero-order valence-electron chi connectivity index (χ0n) is 12.8. The van der Waals surface area contributed by atoms with Gasteiger partial charge in [-0.2, -0.15) is 0 Å². The molecule has 1 aliphatic rings. The third-order valence-electron chi connectivity index (χ3n) is 4.08. The van der Waals surface area contributed by atoms with Crippen molar-refractivity contribution >= 4 is 5.91 Å². The van der Waals surface area contributed by atoms with Crippen LogP contribution in [0.4, 0.5) is 0 Å². The van der Waals surface area contributed by atoms with Gasteiger partial charge in [-0.1, -0.05) is 51.1 Å². The van der Waals surface area contributed by atoms with Crippen molar-refractivity contribution in [1.29, 1.82) is 0 Å². The van der Waals surface area contributed by atoms with Crippen LogP contribution in [0.1, 0.15) is 32.8 Å². The number of rotatable bonds is 4. The average molecular weight is 274 g/mol. The van der Waals surface area contributed by atoms with E-state index in [0.717, 1.165) is 25.9 Å². The first-order chi connectivity index (χ1) is 9.47. The monoisotopic (exact) mass is 274 g/mol. The van der Waals surface area contributed by atoms with E-state index in [0.29, 0.717) is 0 Å². The molecule has 110 valence electrons. The molecule has 0 spiro atoms. The van der Waals surface area contributed by atoms with E-state index >= 15 is 0 Å². The Morgan fingerprint density at radius 3 is 2.60 bits per heavy atom. The quantitative estimate of drug-likeness (QED) is 0.885. The molecule has 1 aromatic carbocycles. The lowest BCUT2D eigenvalue weighted by Gasteiger charge is -2.32. The van der Waals surface area contributed by atoms with Crippen molar-refractivity contribution in [2.45, 2.75) is 39.7 Å². The van der Waals surface area contributed by atoms with E-state index in [1.165, 1.54) is 5.56 Å². The van der Waals surface area contributed by atoms with Gasteiger partial charge < -0.3 is 10.6 Å². The molecule has 1 heterocycles. The summed E-state index contributed by atoms with van der Waals surface area (Å²) >= 11 is 0. The van der Waals surface area contributed by atoms with Crippen molar-refractivity contribution in [3.05, 3.63) is 35.9 Å². The van der Waals surface area contributed by atoms with Crippen LogP contribution in [0, 0.1) is 11.3 Å². The van der Waals surface area contributed by atoms with Crippen LogP contribution in [0.15, 0.2) is 30.3 Å². The van der Waals surface area contributed by atoms with E-state index in [9.17, 15) is 4.79 Å². The van der Waals surface area contributed by atoms with Gasteiger partial charge in [-0.15, -0.1) is 0 Å². The maximum Gasteiger partial charge on any atom is 0.224 e. The Balaban J connectivity index is 2.02. The van der Waals surface area contributed by atoms with Crippen molar-refractivity contribution in [3.63, 3.8) is 0 Å². The Hall–Kier alpha value is -1.35. The number of nitrogens with one attached hydrogen (secondary N) is 2. The predicted octanol–water partition coefficient (Wildman–Crippen LogP) is 2.37. The average Bonchev–Trinajstić information content (AvgIpc) is 2.92. The minimum Gasteiger partial charge on any atom is -0.352 e. The molecule has 3 nitrogen and oxygen atoms in total. The van der Waals surface area contributed by atoms with E-state index in [2.05, 4.69) is 55.7 Å². The molecule has 0 radical (unpaired) electrons. The lowest BCUT2D eigenvalue weighted by Crippen LogP contribution is -2.47. The highest BCUT2D eigenvalue weighted by Gasteiger charge is 2.30. The highest BCUT2D eigenvalue weighted by atomic mass is 16.2. The normalized spacial score (nSPS) is 20.6. The first-order valence-corrected chi connectivity index (χ1v) is 7.52. The van der Waals surface area contributed by atoms with Gasteiger partial charge in [-0.05, 0) is 30.4 Å². The summed E-state index contributed by atoms with van der Waals surface area (Å²) in [5.41, 5.74) is 1.33. The topological polar surface area (TPSA) is 41.1 Å². The highest BCUT2D eigenvalue weighted by molar-refractivity contribution is 5.79. The number of benzene rings is 1. The van der Waals surface area contributed by atoms with Crippen molar-refractivity contribution in [1.82, 2.24) is 10.6 Å². The summed E-state index contributed by atoms with van der Waals surface area (Å²) in [6.45, 7) is 8.33. The maximum atomic E-state index is 12.3. The van der Waals surface area contributed by atoms with Crippen LogP contribution < -0.4 is 10.6 Å². The second-order valence-corrected chi connectivity index (χ2v) is 6.81. The minimum absolute atomic E-state index is 0.0531. The van der Waals surface area contributed by atoms with Gasteiger partial charge in [0, 0.05) is 12.6 Å². The second kappa shape index (κ2) is 6.40. The molecule has 1 amide bonds. The van der Waals surface area contributed by atoms with Gasteiger partial charge in [-0.3, -0.25) is 4.79 Å². The van der Waals surface area contributed by atoms with E-state index in [-0.39, 0.29) is 23.3 Å². The van der Waals surface area contributed by atoms with E-state index in [1.807, 2.05) is 6.07 Å². The molecule has 0 saturated carbocycles. The van der Waals surface area contributed by atoms with Gasteiger partial charge in [0.25, 0.3) is 0 Å². The Bertz CT molecular complexity index is 430. The molecule has 0 aromatic heterocycles. The molecular weight excluding hydrogens is 248 g/mol. The summed E-state index contributed by atoms with van der Waals surface area (Å²) in [7, 11) is 0. The summed E-state index contributed by atoms with van der Waals surface area (Å²) in [5.74, 6) is 0.335. The summed E-state index contributed by atoms with van der Waals surface area (Å²) in [6.07, 6.45) is 1.84. The van der Waals surface area contributed by atoms with E-state index in [1.54, 1.807) is 0 Å². The lowest BCUT2D eigenvalue weighted by atomic mass is 9.82. The lowest BCUT2D eigenvalue weighted by molar-refractivity contribution is -0.125. The van der Waals surface area contributed by atoms with Gasteiger partial charge >= 0.3 is 0 Å². The second-order valence-electron chi connectivity index (χ2n) is 6.81. The Morgan fingerprint density at radius 1 is 1.35 bits per heavy atom. The van der Waals surface area contributed by atoms with Crippen LogP contribution >= 0.6 is 0 Å². The molecule has 0 aliphatic carbocycles. The number of hydrogen-bond donors (Lipinski definition) is 2. The Morgan fingerprint density at radius 2 is 2.05 bits per heavy atom. The van der Waals surface area contributed by atoms with Crippen LogP contribution in [0.3, 0.4) is 0 Å². The number of amides is 1. The zero-order valence-corrected chi connectivity index (χ0v) is 12.8. The first-order valence-electron chi connectivity index (χ1n) is 7.52. The Kier molecular flexibility index (Phi) is 4.81. The Labute approximate surface area is 122 Å². The fraction of sp³-hybridized carbons (Fsp3) is 0.588. The highest BCUT2D eigenvalue weighted by Crippen LogP contribution is 2.23. The van der Waals surface area contributed by atoms with Crippen LogP contribution in [-0.4, -0.2) is 25.0 Å². The SMILES string of the molecule is CC(C)(C)C(Cc1ccccc1)NC(=O)C1CCNC1. The summed E-state index contributed by atoms with van der Waals surface area (Å²) in [5, 5.41) is 6.52. The summed E-state index contributed by atoms with van der Waals surface area (Å²) in [4.78, 5) is 12.3. The molecule has 2 unspecified atom stereocenters. The van der Waals surface area contributed by atoms with Crippen molar-refractivity contribution in [3.8, 4) is 0 Å². The first kappa shape index (κ1) is 15.0. The van der Waals surface area contributed by atoms with Gasteiger partial charge in [0.15, 0.2) is 0 Å². The molecule has 1 saturated heterocycles. The molecule has 3 heteroatoms. The smallest absolute Gasteiger partial charge is 0.224 e. The third kappa shape index (κ3) is 4.07. The summed E-state index contributed by atoms with van der Waals surface area (Å²) < 4.78 is 0. The standard InChI is InChI=1S/C17H26N2O/c1-17(2,3)15(11-13-7-5-4-6-8-13)19-16(20)14-9-10-18-12-14/h4-8,14-15,18H,9-12H2,1-3H3,(H,19,20). The van der Waals surface area contributed by atoms with Crippen LogP contribution in [0.2, 0.25) is 0 Å². The fourth-order valence-corrected chi connectivity index (χ4v) is 2.59. The van der Waals surface area contributed by atoms with E-state index in [4.69, 9.17) is 0 Å². The summed E-state index contributed by atoms with van der Waals surface area (Å²) in [6, 6.07) is 10.6. The third-order valence-corrected chi connectivity index (χ3v) is 4.08. The van der Waals surface area contributed by atoms with Crippen molar-refractivity contribution in [2.24, 2.45) is 11.3 Å². The largest absolute Gasteiger partial charge is 0.352 e. The zero-order chi connectivity index (χ0) is 14.6. The van der Waals surface area contributed by atoms with Gasteiger partial charge in [0.1, 0.15) is 0 Å². The fourth-order valence-electron chi connectivity index (χ4n) is 2.59. The minimum atomic E-state index is 0.0531. The molecular formula is C17H26N2O. The molecule has 20 heavy (non-hydrogen) atoms. The molecule has 2 N–H and O–H groups in total. The van der Waals surface area contributed by atoms with Crippen LogP contribution in [0.25, 0.3) is 0 Å². The molecule has 0 bridgehead atoms. The van der Waals surface area contributed by atoms with Crippen LogP contribution in [-0.2, 0) is 11.2 Å². The molecule has 1 fully saturated rings. The number of carbonyl (C=O) groups excluding carboxylic acids is 1. The van der Waals surface area contributed by atoms with Gasteiger partial charge in [-0.25, -0.2) is 0 Å². The molecule has 1 aromatic rings. The van der Waals surface area contributed by atoms with Gasteiger partial charge in [0.05, 0.1) is 5.92 Å². The molecule has 2 rings (SSSR count). The van der Waals surface area contributed by atoms with Gasteiger partial charge in [0.2, 0.25) is 5.91 Å². The van der Waals surface area contributed by atoms with Crippen molar-refractivity contribution < 1.29 is 4.79 Å². The number of carbonyl (C=O) groups is 1. The van der Waals surface area contributed by atoms with Crippen molar-refractivity contribution in [2.75, 3.05) is 13.1 Å². The maximum absolute atomic E-state index is 12.3. The molecule has 2 atom stereocenters.